The number of aliphatic imine (C=N–C) groups is 1. The zero-order chi connectivity index (χ0) is 12.1. The van der Waals surface area contributed by atoms with Crippen molar-refractivity contribution in [3.63, 3.8) is 0 Å². The maximum absolute atomic E-state index is 5.76. The van der Waals surface area contributed by atoms with E-state index in [2.05, 4.69) is 47.6 Å². The highest BCUT2D eigenvalue weighted by Gasteiger charge is 2.37. The lowest BCUT2D eigenvalue weighted by Gasteiger charge is -2.03. The Morgan fingerprint density at radius 1 is 1.39 bits per heavy atom. The zero-order valence-electron chi connectivity index (χ0n) is 10.8. The van der Waals surface area contributed by atoms with Crippen molar-refractivity contribution in [2.45, 2.75) is 25.7 Å². The normalized spacial score (nSPS) is 22.2. The van der Waals surface area contributed by atoms with Crippen LogP contribution in [0.4, 0.5) is 0 Å². The fraction of sp³-hybridized carbons (Fsp3) is 0.500. The van der Waals surface area contributed by atoms with Crippen molar-refractivity contribution in [1.82, 2.24) is 5.32 Å². The van der Waals surface area contributed by atoms with Gasteiger partial charge in [0.1, 0.15) is 0 Å². The third kappa shape index (κ3) is 4.48. The summed E-state index contributed by atoms with van der Waals surface area (Å²) in [5, 5.41) is 3.10. The van der Waals surface area contributed by atoms with E-state index in [0.29, 0.717) is 17.8 Å². The van der Waals surface area contributed by atoms with Gasteiger partial charge in [0, 0.05) is 13.1 Å². The SMILES string of the molecule is CCCNC(N)=NCC1CC1c1ccccc1.I. The van der Waals surface area contributed by atoms with Crippen molar-refractivity contribution >= 4 is 29.9 Å². The molecule has 0 aliphatic heterocycles. The molecule has 2 unspecified atom stereocenters. The largest absolute Gasteiger partial charge is 0.370 e. The van der Waals surface area contributed by atoms with Crippen LogP contribution in [0.5, 0.6) is 0 Å². The number of halogens is 1. The van der Waals surface area contributed by atoms with Crippen LogP contribution in [0.3, 0.4) is 0 Å². The van der Waals surface area contributed by atoms with Crippen molar-refractivity contribution in [1.29, 1.82) is 0 Å². The van der Waals surface area contributed by atoms with Crippen LogP contribution < -0.4 is 11.1 Å². The van der Waals surface area contributed by atoms with Crippen molar-refractivity contribution < 1.29 is 0 Å². The van der Waals surface area contributed by atoms with E-state index in [9.17, 15) is 0 Å². The van der Waals surface area contributed by atoms with Crippen LogP contribution in [-0.4, -0.2) is 19.0 Å². The molecule has 18 heavy (non-hydrogen) atoms. The molecule has 0 radical (unpaired) electrons. The molecule has 0 spiro atoms. The highest BCUT2D eigenvalue weighted by Crippen LogP contribution is 2.47. The van der Waals surface area contributed by atoms with Gasteiger partial charge in [-0.05, 0) is 30.2 Å². The van der Waals surface area contributed by atoms with E-state index in [4.69, 9.17) is 5.73 Å². The van der Waals surface area contributed by atoms with Gasteiger partial charge in [-0.3, -0.25) is 4.99 Å². The molecule has 100 valence electrons. The van der Waals surface area contributed by atoms with E-state index in [1.807, 2.05) is 0 Å². The monoisotopic (exact) mass is 359 g/mol. The van der Waals surface area contributed by atoms with Gasteiger partial charge in [-0.1, -0.05) is 37.3 Å². The number of guanidine groups is 1. The summed E-state index contributed by atoms with van der Waals surface area (Å²) in [4.78, 5) is 4.38. The summed E-state index contributed by atoms with van der Waals surface area (Å²) in [6.07, 6.45) is 2.32. The van der Waals surface area contributed by atoms with Crippen LogP contribution in [0.1, 0.15) is 31.2 Å². The minimum atomic E-state index is 0. The molecular formula is C14H22IN3. The molecule has 0 aromatic heterocycles. The number of rotatable bonds is 5. The maximum atomic E-state index is 5.76. The molecule has 1 aliphatic carbocycles. The van der Waals surface area contributed by atoms with Crippen molar-refractivity contribution in [2.75, 3.05) is 13.1 Å². The van der Waals surface area contributed by atoms with Crippen LogP contribution in [0.15, 0.2) is 35.3 Å². The minimum Gasteiger partial charge on any atom is -0.370 e. The molecule has 1 aliphatic rings. The summed E-state index contributed by atoms with van der Waals surface area (Å²) < 4.78 is 0. The second-order valence-corrected chi connectivity index (χ2v) is 4.67. The molecule has 2 rings (SSSR count). The Morgan fingerprint density at radius 2 is 2.11 bits per heavy atom. The van der Waals surface area contributed by atoms with Crippen LogP contribution in [0, 0.1) is 5.92 Å². The molecule has 0 saturated heterocycles. The minimum absolute atomic E-state index is 0. The molecule has 0 amide bonds. The Balaban J connectivity index is 0.00000162. The predicted octanol–water partition coefficient (Wildman–Crippen LogP) is 2.72. The van der Waals surface area contributed by atoms with Crippen molar-refractivity contribution in [2.24, 2.45) is 16.6 Å². The van der Waals surface area contributed by atoms with Gasteiger partial charge in [-0.2, -0.15) is 0 Å². The van der Waals surface area contributed by atoms with Crippen molar-refractivity contribution in [3.05, 3.63) is 35.9 Å². The molecule has 1 aromatic rings. The van der Waals surface area contributed by atoms with Crippen LogP contribution in [0.25, 0.3) is 0 Å². The van der Waals surface area contributed by atoms with E-state index in [1.165, 1.54) is 12.0 Å². The summed E-state index contributed by atoms with van der Waals surface area (Å²) in [6.45, 7) is 3.87. The van der Waals surface area contributed by atoms with Crippen LogP contribution >= 0.6 is 24.0 Å². The third-order valence-electron chi connectivity index (χ3n) is 3.20. The Labute approximate surface area is 126 Å². The van der Waals surface area contributed by atoms with Gasteiger partial charge in [0.15, 0.2) is 5.96 Å². The quantitative estimate of drug-likeness (QED) is 0.483. The van der Waals surface area contributed by atoms with Crippen LogP contribution in [0.2, 0.25) is 0 Å². The summed E-state index contributed by atoms with van der Waals surface area (Å²) in [5.41, 5.74) is 7.20. The van der Waals surface area contributed by atoms with E-state index < -0.39 is 0 Å². The number of nitrogens with one attached hydrogen (secondary N) is 1. The fourth-order valence-electron chi connectivity index (χ4n) is 2.08. The molecule has 2 atom stereocenters. The van der Waals surface area contributed by atoms with Gasteiger partial charge in [0.05, 0.1) is 0 Å². The maximum Gasteiger partial charge on any atom is 0.188 e. The first-order valence-electron chi connectivity index (χ1n) is 6.40. The Kier molecular flexibility index (Phi) is 6.46. The topological polar surface area (TPSA) is 50.4 Å². The van der Waals surface area contributed by atoms with Gasteiger partial charge in [0.25, 0.3) is 0 Å². The van der Waals surface area contributed by atoms with Gasteiger partial charge < -0.3 is 11.1 Å². The first-order chi connectivity index (χ1) is 8.31. The van der Waals surface area contributed by atoms with E-state index in [-0.39, 0.29) is 24.0 Å². The first-order valence-corrected chi connectivity index (χ1v) is 6.40. The standard InChI is InChI=1S/C14H21N3.HI/c1-2-8-16-14(15)17-10-12-9-13(12)11-6-4-3-5-7-11;/h3-7,12-13H,2,8-10H2,1H3,(H3,15,16,17);1H. The van der Waals surface area contributed by atoms with E-state index in [1.54, 1.807) is 0 Å². The molecule has 0 bridgehead atoms. The number of hydrogen-bond donors (Lipinski definition) is 2. The molecule has 1 saturated carbocycles. The van der Waals surface area contributed by atoms with Gasteiger partial charge in [0.2, 0.25) is 0 Å². The molecule has 1 fully saturated rings. The average Bonchev–Trinajstić information content (AvgIpc) is 3.14. The smallest absolute Gasteiger partial charge is 0.188 e. The highest BCUT2D eigenvalue weighted by atomic mass is 127. The lowest BCUT2D eigenvalue weighted by atomic mass is 10.1. The second-order valence-electron chi connectivity index (χ2n) is 4.67. The number of benzene rings is 1. The lowest BCUT2D eigenvalue weighted by Crippen LogP contribution is -2.32. The van der Waals surface area contributed by atoms with Crippen LogP contribution in [-0.2, 0) is 0 Å². The van der Waals surface area contributed by atoms with E-state index in [0.717, 1.165) is 19.5 Å². The first kappa shape index (κ1) is 15.3. The average molecular weight is 359 g/mol. The van der Waals surface area contributed by atoms with Crippen molar-refractivity contribution in [3.8, 4) is 0 Å². The highest BCUT2D eigenvalue weighted by molar-refractivity contribution is 14.0. The number of nitrogens with zero attached hydrogens (tertiary/aromatic N) is 1. The summed E-state index contributed by atoms with van der Waals surface area (Å²) in [7, 11) is 0. The van der Waals surface area contributed by atoms with E-state index >= 15 is 0 Å². The molecule has 0 heterocycles. The zero-order valence-corrected chi connectivity index (χ0v) is 13.1. The number of nitrogens with two attached hydrogens (primary N) is 1. The third-order valence-corrected chi connectivity index (χ3v) is 3.20. The van der Waals surface area contributed by atoms with Gasteiger partial charge in [-0.25, -0.2) is 0 Å². The fourth-order valence-corrected chi connectivity index (χ4v) is 2.08. The summed E-state index contributed by atoms with van der Waals surface area (Å²) >= 11 is 0. The Bertz CT molecular complexity index is 378. The number of hydrogen-bond acceptors (Lipinski definition) is 1. The molecule has 4 heteroatoms. The lowest BCUT2D eigenvalue weighted by molar-refractivity contribution is 0.784. The Morgan fingerprint density at radius 3 is 2.78 bits per heavy atom. The second kappa shape index (κ2) is 7.61. The molecule has 3 nitrogen and oxygen atoms in total. The van der Waals surface area contributed by atoms with Gasteiger partial charge >= 0.3 is 0 Å². The molecule has 3 N–H and O–H groups in total. The molecular weight excluding hydrogens is 337 g/mol. The molecule has 1 aromatic carbocycles. The predicted molar refractivity (Wildman–Crippen MR) is 87.5 cm³/mol. The summed E-state index contributed by atoms with van der Waals surface area (Å²) in [6, 6.07) is 10.7. The Hall–Kier alpha value is -0.780. The summed E-state index contributed by atoms with van der Waals surface area (Å²) in [5.74, 6) is 1.96. The van der Waals surface area contributed by atoms with Gasteiger partial charge in [-0.15, -0.1) is 24.0 Å².